The lowest BCUT2D eigenvalue weighted by Gasteiger charge is -2.54. The second-order valence-electron chi connectivity index (χ2n) is 7.90. The average molecular weight is 411 g/mol. The summed E-state index contributed by atoms with van der Waals surface area (Å²) in [4.78, 5) is 17.3. The van der Waals surface area contributed by atoms with Crippen LogP contribution in [0.5, 0.6) is 0 Å². The molecule has 1 aromatic carbocycles. The number of benzene rings is 1. The highest BCUT2D eigenvalue weighted by atomic mass is 19.2. The topological polar surface area (TPSA) is 42.0 Å². The van der Waals surface area contributed by atoms with Crippen molar-refractivity contribution in [3.05, 3.63) is 35.4 Å². The van der Waals surface area contributed by atoms with Gasteiger partial charge < -0.3 is 14.4 Å². The van der Waals surface area contributed by atoms with Crippen molar-refractivity contribution >= 4 is 5.91 Å². The van der Waals surface area contributed by atoms with Crippen LogP contribution in [0.1, 0.15) is 45.1 Å². The van der Waals surface area contributed by atoms with Gasteiger partial charge in [-0.15, -0.1) is 0 Å². The quantitative estimate of drug-likeness (QED) is 0.617. The van der Waals surface area contributed by atoms with Crippen LogP contribution in [-0.4, -0.2) is 66.9 Å². The number of halogens is 2. The predicted molar refractivity (Wildman–Crippen MR) is 106 cm³/mol. The molecule has 1 saturated heterocycles. The van der Waals surface area contributed by atoms with Crippen LogP contribution in [0.15, 0.2) is 18.2 Å². The van der Waals surface area contributed by atoms with Gasteiger partial charge in [-0.3, -0.25) is 9.69 Å². The third-order valence-corrected chi connectivity index (χ3v) is 6.13. The zero-order valence-electron chi connectivity index (χ0n) is 17.6. The van der Waals surface area contributed by atoms with E-state index in [4.69, 9.17) is 9.47 Å². The number of carbonyl (C=O) groups excluding carboxylic acids is 1. The molecule has 1 aliphatic carbocycles. The van der Waals surface area contributed by atoms with Crippen LogP contribution in [0.2, 0.25) is 0 Å². The van der Waals surface area contributed by atoms with Gasteiger partial charge in [0.15, 0.2) is 17.4 Å². The predicted octanol–water partition coefficient (Wildman–Crippen LogP) is 3.36. The number of hydrogen-bond donors (Lipinski definition) is 0. The van der Waals surface area contributed by atoms with Crippen LogP contribution in [0.4, 0.5) is 8.78 Å². The van der Waals surface area contributed by atoms with E-state index >= 15 is 0 Å². The molecule has 2 fully saturated rings. The number of rotatable bonds is 8. The summed E-state index contributed by atoms with van der Waals surface area (Å²) < 4.78 is 39.2. The molecule has 0 aromatic heterocycles. The minimum absolute atomic E-state index is 0.00521. The summed E-state index contributed by atoms with van der Waals surface area (Å²) in [5.41, 5.74) is 0.454. The van der Waals surface area contributed by atoms with Crippen LogP contribution in [0.25, 0.3) is 0 Å². The molecule has 7 heteroatoms. The first-order chi connectivity index (χ1) is 13.9. The molecule has 0 unspecified atom stereocenters. The zero-order valence-corrected chi connectivity index (χ0v) is 17.6. The summed E-state index contributed by atoms with van der Waals surface area (Å²) >= 11 is 0. The lowest BCUT2D eigenvalue weighted by molar-refractivity contribution is -0.287. The summed E-state index contributed by atoms with van der Waals surface area (Å²) in [6.07, 6.45) is 3.85. The van der Waals surface area contributed by atoms with E-state index in [0.717, 1.165) is 50.9 Å². The van der Waals surface area contributed by atoms with Crippen LogP contribution < -0.4 is 0 Å². The first-order valence-electron chi connectivity index (χ1n) is 10.6. The Kier molecular flexibility index (Phi) is 7.24. The van der Waals surface area contributed by atoms with Crippen molar-refractivity contribution in [1.29, 1.82) is 0 Å². The second-order valence-corrected chi connectivity index (χ2v) is 7.90. The molecule has 1 aliphatic heterocycles. The Balaban J connectivity index is 1.86. The minimum Gasteiger partial charge on any atom is -0.348 e. The Morgan fingerprint density at radius 1 is 1.17 bits per heavy atom. The van der Waals surface area contributed by atoms with Gasteiger partial charge in [0.1, 0.15) is 6.04 Å². The molecular formula is C22H32F2N2O3. The number of carbonyl (C=O) groups is 1. The molecule has 1 heterocycles. The summed E-state index contributed by atoms with van der Waals surface area (Å²) in [6.45, 7) is 6.90. The number of amides is 1. The summed E-state index contributed by atoms with van der Waals surface area (Å²) in [6, 6.07) is 3.51. The molecule has 3 rings (SSSR count). The van der Waals surface area contributed by atoms with Crippen molar-refractivity contribution in [2.75, 3.05) is 33.4 Å². The Hall–Kier alpha value is -1.57. The normalized spacial score (nSPS) is 24.2. The number of hydrogen-bond acceptors (Lipinski definition) is 4. The van der Waals surface area contributed by atoms with Gasteiger partial charge in [-0.05, 0) is 63.9 Å². The van der Waals surface area contributed by atoms with Crippen LogP contribution in [-0.2, 0) is 20.7 Å². The zero-order chi connectivity index (χ0) is 21.0. The first-order valence-corrected chi connectivity index (χ1v) is 10.6. The van der Waals surface area contributed by atoms with E-state index in [1.54, 1.807) is 11.9 Å². The van der Waals surface area contributed by atoms with Crippen molar-refractivity contribution in [3.8, 4) is 0 Å². The van der Waals surface area contributed by atoms with Crippen LogP contribution in [0.3, 0.4) is 0 Å². The molecular weight excluding hydrogens is 378 g/mol. The van der Waals surface area contributed by atoms with Crippen molar-refractivity contribution < 1.29 is 23.0 Å². The fourth-order valence-corrected chi connectivity index (χ4v) is 4.71. The fraction of sp³-hybridized carbons (Fsp3) is 0.682. The maximum atomic E-state index is 13.6. The van der Waals surface area contributed by atoms with E-state index in [1.807, 2.05) is 13.8 Å². The van der Waals surface area contributed by atoms with Gasteiger partial charge >= 0.3 is 0 Å². The molecule has 2 atom stereocenters. The second kappa shape index (κ2) is 9.49. The van der Waals surface area contributed by atoms with Gasteiger partial charge in [-0.25, -0.2) is 8.78 Å². The Bertz CT molecular complexity index is 700. The molecule has 0 radical (unpaired) electrons. The van der Waals surface area contributed by atoms with Crippen molar-refractivity contribution in [3.63, 3.8) is 0 Å². The molecule has 0 N–H and O–H groups in total. The molecule has 1 saturated carbocycles. The molecule has 5 nitrogen and oxygen atoms in total. The Labute approximate surface area is 171 Å². The molecule has 2 aliphatic rings. The number of ether oxygens (including phenoxy) is 2. The number of nitrogens with zero attached hydrogens (tertiary/aromatic N) is 2. The highest BCUT2D eigenvalue weighted by Crippen LogP contribution is 2.40. The fourth-order valence-electron chi connectivity index (χ4n) is 4.71. The minimum atomic E-state index is -0.938. The lowest BCUT2D eigenvalue weighted by atomic mass is 9.81. The Morgan fingerprint density at radius 3 is 2.41 bits per heavy atom. The van der Waals surface area contributed by atoms with Gasteiger partial charge in [0.25, 0.3) is 0 Å². The SMILES string of the molecule is CCOC1(OCC)CCC[C@@H](N2CCC2)[C@@H]1N(C)C(=O)Cc1ccc(F)c(F)c1. The average Bonchev–Trinajstić information content (AvgIpc) is 2.63. The monoisotopic (exact) mass is 410 g/mol. The molecule has 1 amide bonds. The highest BCUT2D eigenvalue weighted by Gasteiger charge is 2.52. The third-order valence-electron chi connectivity index (χ3n) is 6.13. The molecule has 0 spiro atoms. The van der Waals surface area contributed by atoms with E-state index in [1.165, 1.54) is 6.07 Å². The largest absolute Gasteiger partial charge is 0.348 e. The van der Waals surface area contributed by atoms with Gasteiger partial charge in [-0.2, -0.15) is 0 Å². The van der Waals surface area contributed by atoms with Crippen LogP contribution in [0, 0.1) is 11.6 Å². The number of likely N-dealkylation sites (N-methyl/N-ethyl adjacent to an activating group) is 1. The van der Waals surface area contributed by atoms with Crippen molar-refractivity contribution in [1.82, 2.24) is 9.80 Å². The van der Waals surface area contributed by atoms with Gasteiger partial charge in [0.05, 0.1) is 6.42 Å². The Morgan fingerprint density at radius 2 is 1.86 bits per heavy atom. The van der Waals surface area contributed by atoms with E-state index in [9.17, 15) is 13.6 Å². The molecule has 162 valence electrons. The summed E-state index contributed by atoms with van der Waals surface area (Å²) in [7, 11) is 1.78. The summed E-state index contributed by atoms with van der Waals surface area (Å²) in [5, 5.41) is 0. The first kappa shape index (κ1) is 22.1. The van der Waals surface area contributed by atoms with Crippen molar-refractivity contribution in [2.24, 2.45) is 0 Å². The van der Waals surface area contributed by atoms with Gasteiger partial charge in [0, 0.05) is 32.7 Å². The van der Waals surface area contributed by atoms with E-state index in [2.05, 4.69) is 4.90 Å². The maximum Gasteiger partial charge on any atom is 0.227 e. The van der Waals surface area contributed by atoms with E-state index < -0.39 is 17.4 Å². The summed E-state index contributed by atoms with van der Waals surface area (Å²) in [5.74, 6) is -2.85. The highest BCUT2D eigenvalue weighted by molar-refractivity contribution is 5.79. The van der Waals surface area contributed by atoms with Crippen molar-refractivity contribution in [2.45, 2.75) is 63.8 Å². The van der Waals surface area contributed by atoms with Gasteiger partial charge in [0.2, 0.25) is 5.91 Å². The van der Waals surface area contributed by atoms with Gasteiger partial charge in [-0.1, -0.05) is 6.07 Å². The number of likely N-dealkylation sites (tertiary alicyclic amines) is 1. The van der Waals surface area contributed by atoms with Crippen LogP contribution >= 0.6 is 0 Å². The molecule has 29 heavy (non-hydrogen) atoms. The van der Waals surface area contributed by atoms with E-state index in [-0.39, 0.29) is 24.4 Å². The smallest absolute Gasteiger partial charge is 0.227 e. The molecule has 0 bridgehead atoms. The third kappa shape index (κ3) is 4.62. The van der Waals surface area contributed by atoms with E-state index in [0.29, 0.717) is 18.8 Å². The standard InChI is InChI=1S/C22H32F2N2O3/c1-4-28-22(29-5-2)11-6-8-19(26-12-7-13-26)21(22)25(3)20(27)15-16-9-10-17(23)18(24)14-16/h9-10,14,19,21H,4-8,11-13,15H2,1-3H3/t19-,21+/m1/s1. The maximum absolute atomic E-state index is 13.6. The lowest BCUT2D eigenvalue weighted by Crippen LogP contribution is -2.68. The molecule has 1 aromatic rings.